The van der Waals surface area contributed by atoms with Gasteiger partial charge in [-0.15, -0.1) is 0 Å². The monoisotopic (exact) mass is 288 g/mol. The Morgan fingerprint density at radius 1 is 1.32 bits per heavy atom. The second-order valence-electron chi connectivity index (χ2n) is 3.49. The van der Waals surface area contributed by atoms with E-state index < -0.39 is 23.4 Å². The summed E-state index contributed by atoms with van der Waals surface area (Å²) in [7, 11) is 0. The zero-order valence-corrected chi connectivity index (χ0v) is 10.1. The van der Waals surface area contributed by atoms with Crippen molar-refractivity contribution in [1.82, 2.24) is 9.55 Å². The van der Waals surface area contributed by atoms with Crippen LogP contribution in [0.3, 0.4) is 0 Å². The van der Waals surface area contributed by atoms with E-state index in [1.165, 1.54) is 17.0 Å². The minimum atomic E-state index is -1.55. The first-order valence-electron chi connectivity index (χ1n) is 5.02. The van der Waals surface area contributed by atoms with Crippen LogP contribution < -0.4 is 0 Å². The highest BCUT2D eigenvalue weighted by molar-refractivity contribution is 7.99. The first-order valence-corrected chi connectivity index (χ1v) is 6.00. The Morgan fingerprint density at radius 2 is 1.95 bits per heavy atom. The van der Waals surface area contributed by atoms with E-state index in [1.54, 1.807) is 0 Å². The molecule has 100 valence electrons. The average Bonchev–Trinajstić information content (AvgIpc) is 2.81. The zero-order chi connectivity index (χ0) is 14.0. The van der Waals surface area contributed by atoms with Gasteiger partial charge in [0.15, 0.2) is 22.6 Å². The van der Waals surface area contributed by atoms with Gasteiger partial charge in [-0.25, -0.2) is 18.2 Å². The van der Waals surface area contributed by atoms with Crippen molar-refractivity contribution < 1.29 is 23.1 Å². The Labute approximate surface area is 109 Å². The standard InChI is InChI=1S/C11H7F3N2O2S/c12-7-3-6(4-8(13)10(7)14)16-2-1-15-11(16)19-5-9(17)18/h1-4H,5H2,(H,17,18). The Balaban J connectivity index is 2.37. The van der Waals surface area contributed by atoms with Crippen molar-refractivity contribution in [3.63, 3.8) is 0 Å². The van der Waals surface area contributed by atoms with Gasteiger partial charge < -0.3 is 5.11 Å². The maximum absolute atomic E-state index is 13.1. The number of hydrogen-bond donors (Lipinski definition) is 1. The number of thioether (sulfide) groups is 1. The van der Waals surface area contributed by atoms with Gasteiger partial charge in [0.2, 0.25) is 0 Å². The molecule has 0 bridgehead atoms. The first kappa shape index (κ1) is 13.5. The molecule has 1 heterocycles. The van der Waals surface area contributed by atoms with Crippen LogP contribution in [0.25, 0.3) is 5.69 Å². The fourth-order valence-corrected chi connectivity index (χ4v) is 2.09. The third-order valence-corrected chi connectivity index (χ3v) is 3.13. The van der Waals surface area contributed by atoms with Crippen LogP contribution in [0.1, 0.15) is 0 Å². The van der Waals surface area contributed by atoms with E-state index in [1.807, 2.05) is 0 Å². The van der Waals surface area contributed by atoms with Crippen LogP contribution in [0.4, 0.5) is 13.2 Å². The molecule has 8 heteroatoms. The maximum atomic E-state index is 13.1. The number of halogens is 3. The normalized spacial score (nSPS) is 10.7. The fraction of sp³-hybridized carbons (Fsp3) is 0.0909. The number of carbonyl (C=O) groups is 1. The Bertz CT molecular complexity index is 607. The summed E-state index contributed by atoms with van der Waals surface area (Å²) in [6.07, 6.45) is 2.75. The molecule has 19 heavy (non-hydrogen) atoms. The number of nitrogens with zero attached hydrogens (tertiary/aromatic N) is 2. The van der Waals surface area contributed by atoms with Crippen LogP contribution in [-0.2, 0) is 4.79 Å². The summed E-state index contributed by atoms with van der Waals surface area (Å²) in [5.41, 5.74) is 0.0294. The summed E-state index contributed by atoms with van der Waals surface area (Å²) in [5, 5.41) is 8.81. The maximum Gasteiger partial charge on any atom is 0.313 e. The third kappa shape index (κ3) is 2.90. The fourth-order valence-electron chi connectivity index (χ4n) is 1.40. The quantitative estimate of drug-likeness (QED) is 0.693. The zero-order valence-electron chi connectivity index (χ0n) is 9.31. The van der Waals surface area contributed by atoms with E-state index in [9.17, 15) is 18.0 Å². The van der Waals surface area contributed by atoms with E-state index in [-0.39, 0.29) is 16.6 Å². The highest BCUT2D eigenvalue weighted by Gasteiger charge is 2.14. The minimum absolute atomic E-state index is 0.0294. The van der Waals surface area contributed by atoms with Crippen molar-refractivity contribution >= 4 is 17.7 Å². The number of carboxylic acid groups (broad SMARTS) is 1. The summed E-state index contributed by atoms with van der Waals surface area (Å²) < 4.78 is 40.4. The van der Waals surface area contributed by atoms with Crippen LogP contribution in [0.5, 0.6) is 0 Å². The number of carboxylic acids is 1. The molecule has 1 aromatic carbocycles. The molecule has 2 rings (SSSR count). The SMILES string of the molecule is O=C(O)CSc1nccn1-c1cc(F)c(F)c(F)c1. The molecule has 0 unspecified atom stereocenters. The van der Waals surface area contributed by atoms with Gasteiger partial charge in [-0.3, -0.25) is 9.36 Å². The summed E-state index contributed by atoms with van der Waals surface area (Å²) in [6, 6.07) is 1.62. The predicted octanol–water partition coefficient (Wildman–Crippen LogP) is 2.47. The van der Waals surface area contributed by atoms with Gasteiger partial charge in [0.1, 0.15) is 0 Å². The summed E-state index contributed by atoms with van der Waals surface area (Å²) in [6.45, 7) is 0. The minimum Gasteiger partial charge on any atom is -0.481 e. The topological polar surface area (TPSA) is 55.1 Å². The molecule has 0 spiro atoms. The Kier molecular flexibility index (Phi) is 3.79. The Morgan fingerprint density at radius 3 is 2.53 bits per heavy atom. The van der Waals surface area contributed by atoms with Crippen molar-refractivity contribution in [2.45, 2.75) is 5.16 Å². The predicted molar refractivity (Wildman–Crippen MR) is 61.8 cm³/mol. The van der Waals surface area contributed by atoms with Gasteiger partial charge in [0.05, 0.1) is 11.4 Å². The molecular weight excluding hydrogens is 281 g/mol. The van der Waals surface area contributed by atoms with Crippen LogP contribution in [-0.4, -0.2) is 26.4 Å². The molecule has 0 aliphatic rings. The summed E-state index contributed by atoms with van der Waals surface area (Å²) in [4.78, 5) is 14.3. The van der Waals surface area contributed by atoms with Crippen LogP contribution in [0.15, 0.2) is 29.7 Å². The number of benzene rings is 1. The van der Waals surface area contributed by atoms with Gasteiger partial charge in [-0.1, -0.05) is 11.8 Å². The van der Waals surface area contributed by atoms with Crippen molar-refractivity contribution in [1.29, 1.82) is 0 Å². The van der Waals surface area contributed by atoms with Crippen molar-refractivity contribution in [3.05, 3.63) is 42.0 Å². The van der Waals surface area contributed by atoms with Crippen LogP contribution in [0.2, 0.25) is 0 Å². The summed E-state index contributed by atoms with van der Waals surface area (Å²) >= 11 is 0.886. The second kappa shape index (κ2) is 5.35. The van der Waals surface area contributed by atoms with Gasteiger partial charge in [0.25, 0.3) is 0 Å². The molecule has 1 aromatic heterocycles. The highest BCUT2D eigenvalue weighted by Crippen LogP contribution is 2.23. The lowest BCUT2D eigenvalue weighted by molar-refractivity contribution is -0.133. The Hall–Kier alpha value is -1.96. The smallest absolute Gasteiger partial charge is 0.313 e. The van der Waals surface area contributed by atoms with Gasteiger partial charge >= 0.3 is 5.97 Å². The van der Waals surface area contributed by atoms with Gasteiger partial charge in [0, 0.05) is 24.5 Å². The lowest BCUT2D eigenvalue weighted by Crippen LogP contribution is -2.03. The number of aromatic nitrogens is 2. The number of aliphatic carboxylic acids is 1. The molecule has 0 aliphatic heterocycles. The second-order valence-corrected chi connectivity index (χ2v) is 4.43. The number of hydrogen-bond acceptors (Lipinski definition) is 3. The molecule has 0 aliphatic carbocycles. The van der Waals surface area contributed by atoms with Gasteiger partial charge in [-0.2, -0.15) is 0 Å². The third-order valence-electron chi connectivity index (χ3n) is 2.18. The van der Waals surface area contributed by atoms with Gasteiger partial charge in [-0.05, 0) is 0 Å². The molecule has 2 aromatic rings. The molecule has 1 N–H and O–H groups in total. The van der Waals surface area contributed by atoms with Crippen molar-refractivity contribution in [2.24, 2.45) is 0 Å². The highest BCUT2D eigenvalue weighted by atomic mass is 32.2. The number of rotatable bonds is 4. The van der Waals surface area contributed by atoms with E-state index in [0.29, 0.717) is 0 Å². The van der Waals surface area contributed by atoms with Crippen molar-refractivity contribution in [3.8, 4) is 5.69 Å². The average molecular weight is 288 g/mol. The lowest BCUT2D eigenvalue weighted by Gasteiger charge is -2.07. The largest absolute Gasteiger partial charge is 0.481 e. The molecule has 0 saturated heterocycles. The van der Waals surface area contributed by atoms with E-state index in [2.05, 4.69) is 4.98 Å². The molecule has 0 atom stereocenters. The molecule has 4 nitrogen and oxygen atoms in total. The summed E-state index contributed by atoms with van der Waals surface area (Å²) in [5.74, 6) is -5.49. The van der Waals surface area contributed by atoms with E-state index >= 15 is 0 Å². The lowest BCUT2D eigenvalue weighted by atomic mass is 10.3. The first-order chi connectivity index (χ1) is 8.99. The molecule has 0 fully saturated rings. The van der Waals surface area contributed by atoms with Crippen molar-refractivity contribution in [2.75, 3.05) is 5.75 Å². The van der Waals surface area contributed by atoms with Crippen LogP contribution in [0, 0.1) is 17.5 Å². The molecule has 0 radical (unpaired) electrons. The molecular formula is C11H7F3N2O2S. The van der Waals surface area contributed by atoms with E-state index in [0.717, 1.165) is 23.9 Å². The number of imidazole rings is 1. The van der Waals surface area contributed by atoms with E-state index in [4.69, 9.17) is 5.11 Å². The molecule has 0 amide bonds. The molecule has 0 saturated carbocycles. The van der Waals surface area contributed by atoms with Crippen LogP contribution >= 0.6 is 11.8 Å².